The summed E-state index contributed by atoms with van der Waals surface area (Å²) < 4.78 is 26.3. The second-order valence-electron chi connectivity index (χ2n) is 7.34. The van der Waals surface area contributed by atoms with Crippen molar-refractivity contribution in [2.45, 2.75) is 25.9 Å². The lowest BCUT2D eigenvalue weighted by molar-refractivity contribution is -0.122. The molecule has 0 saturated carbocycles. The minimum atomic E-state index is -3.67. The third-order valence-corrected chi connectivity index (χ3v) is 6.14. The van der Waals surface area contributed by atoms with E-state index in [1.165, 1.54) is 4.31 Å². The SMILES string of the molecule is Cc1cccc(N([C@H](C)C(=O)NC(c2ccccc2)c2ccccc2)S(C)(=O)=O)c1. The molecule has 5 nitrogen and oxygen atoms in total. The predicted molar refractivity (Wildman–Crippen MR) is 121 cm³/mol. The van der Waals surface area contributed by atoms with Crippen LogP contribution in [0.25, 0.3) is 0 Å². The average molecular weight is 423 g/mol. The van der Waals surface area contributed by atoms with Gasteiger partial charge in [0.2, 0.25) is 15.9 Å². The zero-order chi connectivity index (χ0) is 21.7. The number of carbonyl (C=O) groups excluding carboxylic acids is 1. The lowest BCUT2D eigenvalue weighted by atomic mass is 9.98. The molecule has 0 heterocycles. The van der Waals surface area contributed by atoms with Crippen molar-refractivity contribution in [3.05, 3.63) is 102 Å². The molecule has 1 atom stereocenters. The van der Waals surface area contributed by atoms with Crippen molar-refractivity contribution >= 4 is 21.6 Å². The van der Waals surface area contributed by atoms with Crippen molar-refractivity contribution in [3.63, 3.8) is 0 Å². The van der Waals surface area contributed by atoms with E-state index in [4.69, 9.17) is 0 Å². The molecule has 0 aliphatic carbocycles. The largest absolute Gasteiger partial charge is 0.343 e. The Morgan fingerprint density at radius 2 is 1.40 bits per heavy atom. The van der Waals surface area contributed by atoms with E-state index in [1.807, 2.05) is 73.7 Å². The summed E-state index contributed by atoms with van der Waals surface area (Å²) in [5.41, 5.74) is 3.23. The van der Waals surface area contributed by atoms with Crippen molar-refractivity contribution in [2.75, 3.05) is 10.6 Å². The van der Waals surface area contributed by atoms with Crippen molar-refractivity contribution in [1.82, 2.24) is 5.32 Å². The Labute approximate surface area is 178 Å². The molecule has 0 aliphatic heterocycles. The second kappa shape index (κ2) is 9.13. The Hall–Kier alpha value is -3.12. The zero-order valence-electron chi connectivity index (χ0n) is 17.3. The van der Waals surface area contributed by atoms with Crippen LogP contribution >= 0.6 is 0 Å². The number of sulfonamides is 1. The molecule has 1 amide bonds. The molecule has 1 N–H and O–H groups in total. The van der Waals surface area contributed by atoms with E-state index in [9.17, 15) is 13.2 Å². The molecule has 3 aromatic rings. The number of rotatable bonds is 7. The third-order valence-electron chi connectivity index (χ3n) is 4.90. The zero-order valence-corrected chi connectivity index (χ0v) is 18.1. The van der Waals surface area contributed by atoms with E-state index >= 15 is 0 Å². The summed E-state index contributed by atoms with van der Waals surface area (Å²) in [6.45, 7) is 3.49. The molecular formula is C24H26N2O3S. The van der Waals surface area contributed by atoms with E-state index in [0.717, 1.165) is 22.9 Å². The van der Waals surface area contributed by atoms with Crippen molar-refractivity contribution in [2.24, 2.45) is 0 Å². The average Bonchev–Trinajstić information content (AvgIpc) is 2.72. The van der Waals surface area contributed by atoms with Crippen molar-refractivity contribution < 1.29 is 13.2 Å². The number of amides is 1. The first-order chi connectivity index (χ1) is 14.3. The number of hydrogen-bond acceptors (Lipinski definition) is 3. The summed E-state index contributed by atoms with van der Waals surface area (Å²) in [5, 5.41) is 3.04. The van der Waals surface area contributed by atoms with Gasteiger partial charge in [-0.2, -0.15) is 0 Å². The maximum atomic E-state index is 13.2. The number of nitrogens with zero attached hydrogens (tertiary/aromatic N) is 1. The van der Waals surface area contributed by atoms with Gasteiger partial charge < -0.3 is 5.32 Å². The van der Waals surface area contributed by atoms with Gasteiger partial charge in [0, 0.05) is 0 Å². The van der Waals surface area contributed by atoms with Crippen LogP contribution in [0.15, 0.2) is 84.9 Å². The highest BCUT2D eigenvalue weighted by Gasteiger charge is 2.30. The molecule has 30 heavy (non-hydrogen) atoms. The van der Waals surface area contributed by atoms with E-state index in [1.54, 1.807) is 25.1 Å². The minimum Gasteiger partial charge on any atom is -0.343 e. The van der Waals surface area contributed by atoms with Gasteiger partial charge in [-0.25, -0.2) is 8.42 Å². The highest BCUT2D eigenvalue weighted by Crippen LogP contribution is 2.25. The van der Waals surface area contributed by atoms with Gasteiger partial charge in [0.05, 0.1) is 18.0 Å². The van der Waals surface area contributed by atoms with E-state index < -0.39 is 16.1 Å². The van der Waals surface area contributed by atoms with Gasteiger partial charge in [0.1, 0.15) is 6.04 Å². The Bertz CT molecular complexity index is 1060. The number of nitrogens with one attached hydrogen (secondary N) is 1. The van der Waals surface area contributed by atoms with Gasteiger partial charge in [-0.1, -0.05) is 72.8 Å². The minimum absolute atomic E-state index is 0.375. The quantitative estimate of drug-likeness (QED) is 0.625. The standard InChI is InChI=1S/C24H26N2O3S/c1-18-11-10-16-22(17-18)26(30(3,28)29)19(2)24(27)25-23(20-12-6-4-7-13-20)21-14-8-5-9-15-21/h4-17,19,23H,1-3H3,(H,25,27)/t19-/m1/s1. The second-order valence-corrected chi connectivity index (χ2v) is 9.20. The molecule has 0 spiro atoms. The van der Waals surface area contributed by atoms with Gasteiger partial charge in [-0.05, 0) is 42.7 Å². The Morgan fingerprint density at radius 3 is 1.87 bits per heavy atom. The molecular weight excluding hydrogens is 396 g/mol. The van der Waals surface area contributed by atoms with E-state index in [0.29, 0.717) is 5.69 Å². The molecule has 0 aliphatic rings. The normalized spacial score (nSPS) is 12.4. The van der Waals surface area contributed by atoms with Crippen LogP contribution in [0.1, 0.15) is 29.7 Å². The van der Waals surface area contributed by atoms with Crippen LogP contribution in [-0.2, 0) is 14.8 Å². The monoisotopic (exact) mass is 422 g/mol. The van der Waals surface area contributed by atoms with Crippen LogP contribution in [0.5, 0.6) is 0 Å². The fourth-order valence-corrected chi connectivity index (χ4v) is 4.65. The van der Waals surface area contributed by atoms with Crippen molar-refractivity contribution in [1.29, 1.82) is 0 Å². The van der Waals surface area contributed by atoms with Gasteiger partial charge in [-0.15, -0.1) is 0 Å². The third kappa shape index (κ3) is 5.07. The summed E-state index contributed by atoms with van der Waals surface area (Å²) in [6, 6.07) is 25.1. The fourth-order valence-electron chi connectivity index (χ4n) is 3.49. The highest BCUT2D eigenvalue weighted by molar-refractivity contribution is 7.92. The van der Waals surface area contributed by atoms with Gasteiger partial charge in [0.15, 0.2) is 0 Å². The van der Waals surface area contributed by atoms with Crippen LogP contribution in [0.2, 0.25) is 0 Å². The number of benzene rings is 3. The first kappa shape index (κ1) is 21.6. The maximum absolute atomic E-state index is 13.2. The molecule has 156 valence electrons. The Morgan fingerprint density at radius 1 is 0.867 bits per heavy atom. The lowest BCUT2D eigenvalue weighted by Gasteiger charge is -2.30. The van der Waals surface area contributed by atoms with Crippen LogP contribution in [0.3, 0.4) is 0 Å². The molecule has 0 bridgehead atoms. The van der Waals surface area contributed by atoms with Crippen LogP contribution < -0.4 is 9.62 Å². The number of aryl methyl sites for hydroxylation is 1. The summed E-state index contributed by atoms with van der Waals surface area (Å²) in [5.74, 6) is -0.375. The highest BCUT2D eigenvalue weighted by atomic mass is 32.2. The summed E-state index contributed by atoms with van der Waals surface area (Å²) >= 11 is 0. The molecule has 0 fully saturated rings. The molecule has 0 aromatic heterocycles. The number of anilines is 1. The Balaban J connectivity index is 1.94. The number of carbonyl (C=O) groups is 1. The fraction of sp³-hybridized carbons (Fsp3) is 0.208. The molecule has 3 rings (SSSR count). The van der Waals surface area contributed by atoms with Crippen LogP contribution in [-0.4, -0.2) is 26.6 Å². The van der Waals surface area contributed by atoms with Gasteiger partial charge >= 0.3 is 0 Å². The van der Waals surface area contributed by atoms with E-state index in [-0.39, 0.29) is 11.9 Å². The van der Waals surface area contributed by atoms with Crippen LogP contribution in [0.4, 0.5) is 5.69 Å². The number of hydrogen-bond donors (Lipinski definition) is 1. The lowest BCUT2D eigenvalue weighted by Crippen LogP contribution is -2.48. The molecule has 0 radical (unpaired) electrons. The summed E-state index contributed by atoms with van der Waals surface area (Å²) in [7, 11) is -3.67. The van der Waals surface area contributed by atoms with Crippen molar-refractivity contribution in [3.8, 4) is 0 Å². The molecule has 0 unspecified atom stereocenters. The molecule has 6 heteroatoms. The predicted octanol–water partition coefficient (Wildman–Crippen LogP) is 4.06. The van der Waals surface area contributed by atoms with Gasteiger partial charge in [0.25, 0.3) is 0 Å². The van der Waals surface area contributed by atoms with Gasteiger partial charge in [-0.3, -0.25) is 9.10 Å². The van der Waals surface area contributed by atoms with Crippen LogP contribution in [0, 0.1) is 6.92 Å². The first-order valence-electron chi connectivity index (χ1n) is 9.73. The molecule has 0 saturated heterocycles. The smallest absolute Gasteiger partial charge is 0.244 e. The molecule has 3 aromatic carbocycles. The first-order valence-corrected chi connectivity index (χ1v) is 11.6. The summed E-state index contributed by atoms with van der Waals surface area (Å²) in [4.78, 5) is 13.2. The van der Waals surface area contributed by atoms with E-state index in [2.05, 4.69) is 5.32 Å². The maximum Gasteiger partial charge on any atom is 0.244 e. The summed E-state index contributed by atoms with van der Waals surface area (Å²) in [6.07, 6.45) is 1.12. The topological polar surface area (TPSA) is 66.5 Å². The Kier molecular flexibility index (Phi) is 6.57.